The van der Waals surface area contributed by atoms with Crippen LogP contribution in [0.3, 0.4) is 0 Å². The first-order valence-corrected chi connectivity index (χ1v) is 32.6. The van der Waals surface area contributed by atoms with Crippen molar-refractivity contribution in [2.45, 2.75) is 337 Å². The van der Waals surface area contributed by atoms with Crippen molar-refractivity contribution in [1.82, 2.24) is 0 Å². The van der Waals surface area contributed by atoms with Crippen molar-refractivity contribution < 1.29 is 21.3 Å². The van der Waals surface area contributed by atoms with Crippen LogP contribution in [0.2, 0.25) is 0 Å². The minimum Gasteiger partial charge on any atom is -0.348 e. The molecule has 75 heavy (non-hydrogen) atoms. The molecule has 432 valence electrons. The topological polar surface area (TPSA) is 36.4 Å². The van der Waals surface area contributed by atoms with Crippen LogP contribution >= 0.6 is 0 Å². The molecular formula is C72H124N2Ni. The van der Waals surface area contributed by atoms with E-state index in [0.717, 1.165) is 56.1 Å². The van der Waals surface area contributed by atoms with Crippen LogP contribution in [0.25, 0.3) is 11.1 Å². The summed E-state index contributed by atoms with van der Waals surface area (Å²) in [4.78, 5) is 3.52. The van der Waals surface area contributed by atoms with E-state index >= 15 is 0 Å². The maximum Gasteiger partial charge on any atom is 2.00 e. The molecule has 0 aliphatic carbocycles. The molecule has 0 unspecified atom stereocenters. The van der Waals surface area contributed by atoms with E-state index in [9.17, 15) is 5.53 Å². The van der Waals surface area contributed by atoms with Crippen LogP contribution in [0, 0.1) is 13.8 Å². The minimum atomic E-state index is 0. The van der Waals surface area contributed by atoms with Gasteiger partial charge in [0.05, 0.1) is 5.57 Å². The molecule has 0 N–H and O–H groups in total. The first kappa shape index (κ1) is 74.6. The van der Waals surface area contributed by atoms with Gasteiger partial charge in [-0.05, 0) is 79.2 Å². The number of unbranched alkanes of at least 4 members (excludes halogenated alkanes) is 37. The van der Waals surface area contributed by atoms with E-state index in [-0.39, 0.29) is 16.5 Å². The van der Waals surface area contributed by atoms with Crippen molar-refractivity contribution in [1.29, 1.82) is 0 Å². The van der Waals surface area contributed by atoms with Crippen LogP contribution in [0.4, 0.5) is 0 Å². The molecule has 2 rings (SSSR count). The normalized spacial score (nSPS) is 11.3. The number of nitrogens with zero attached hydrogens (tertiary/aromatic N) is 2. The van der Waals surface area contributed by atoms with Crippen molar-refractivity contribution in [3.05, 3.63) is 113 Å². The molecule has 0 radical (unpaired) electrons. The van der Waals surface area contributed by atoms with Gasteiger partial charge < -0.3 is 19.4 Å². The van der Waals surface area contributed by atoms with E-state index < -0.39 is 0 Å². The Hall–Kier alpha value is -2.43. The van der Waals surface area contributed by atoms with Crippen molar-refractivity contribution >= 4 is 11.4 Å². The van der Waals surface area contributed by atoms with Gasteiger partial charge in [0.1, 0.15) is 0 Å². The molecule has 0 saturated heterocycles. The second kappa shape index (κ2) is 60.8. The average Bonchev–Trinajstić information content (AvgIpc) is 3.42. The largest absolute Gasteiger partial charge is 2.00 e. The average molecular weight is 1080 g/mol. The van der Waals surface area contributed by atoms with Gasteiger partial charge in [-0.1, -0.05) is 333 Å². The summed E-state index contributed by atoms with van der Waals surface area (Å²) in [6.45, 7) is 21.0. The van der Waals surface area contributed by atoms with Gasteiger partial charge in [0.2, 0.25) is 0 Å². The van der Waals surface area contributed by atoms with E-state index in [0.29, 0.717) is 0 Å². The molecule has 2 aromatic carbocycles. The third-order valence-corrected chi connectivity index (χ3v) is 14.9. The zero-order valence-corrected chi connectivity index (χ0v) is 51.9. The molecule has 0 bridgehead atoms. The summed E-state index contributed by atoms with van der Waals surface area (Å²) >= 11 is 0. The van der Waals surface area contributed by atoms with Gasteiger partial charge in [0.15, 0.2) is 0 Å². The van der Waals surface area contributed by atoms with Crippen LogP contribution in [0.15, 0.2) is 71.8 Å². The van der Waals surface area contributed by atoms with Gasteiger partial charge in [-0.3, -0.25) is 0 Å². The third kappa shape index (κ3) is 46.2. The van der Waals surface area contributed by atoms with Crippen LogP contribution < -0.4 is 0 Å². The van der Waals surface area contributed by atoms with E-state index in [1.807, 2.05) is 0 Å². The fourth-order valence-electron chi connectivity index (χ4n) is 9.94. The molecule has 0 aliphatic rings. The van der Waals surface area contributed by atoms with Crippen LogP contribution in [0.1, 0.15) is 346 Å². The first-order valence-electron chi connectivity index (χ1n) is 32.6. The summed E-state index contributed by atoms with van der Waals surface area (Å²) in [7, 11) is 0. The van der Waals surface area contributed by atoms with E-state index in [1.54, 1.807) is 0 Å². The molecule has 0 fully saturated rings. The summed E-state index contributed by atoms with van der Waals surface area (Å²) < 4.78 is 0. The fourth-order valence-corrected chi connectivity index (χ4v) is 9.94. The standard InChI is InChI=1S/C60H98N2.2C6H13.Ni/c1-5-9-13-15-16-17-18-19-20-21-22-23-24-25-26-27-28-29-30-31-32-33-34-35-36-37-40-44-59(58(53-62-61)43-39-14-10-6-2)60(56-49-45-54(46-50-56)41-12-8-4)57-51-47-55(48-52-57)42-38-11-7-3;2*1-3-5-6-4-2;/h40,44-52H,5-39,41-43H2,1-4H3;2*1,3-6H2,2H3;/q;2*-1;+2. The Kier molecular flexibility index (Phi) is 60.5. The van der Waals surface area contributed by atoms with Crippen molar-refractivity contribution in [3.63, 3.8) is 0 Å². The Morgan fingerprint density at radius 1 is 0.400 bits per heavy atom. The molecule has 0 saturated carbocycles. The number of rotatable bonds is 48. The second-order valence-corrected chi connectivity index (χ2v) is 22.0. The van der Waals surface area contributed by atoms with Gasteiger partial charge in [-0.25, -0.2) is 0 Å². The number of hydrogen-bond acceptors (Lipinski definition) is 0. The van der Waals surface area contributed by atoms with Gasteiger partial charge in [0, 0.05) is 5.57 Å². The zero-order chi connectivity index (χ0) is 54.1. The maximum atomic E-state index is 9.89. The first-order chi connectivity index (χ1) is 36.5. The molecule has 3 heteroatoms. The van der Waals surface area contributed by atoms with Crippen LogP contribution in [-0.4, -0.2) is 10.7 Å². The Morgan fingerprint density at radius 3 is 1.04 bits per heavy atom. The summed E-state index contributed by atoms with van der Waals surface area (Å²) in [5.74, 6) is 3.07. The molecule has 2 aromatic rings. The van der Waals surface area contributed by atoms with Gasteiger partial charge in [0.25, 0.3) is 0 Å². The van der Waals surface area contributed by atoms with Gasteiger partial charge in [-0.15, -0.1) is 4.79 Å². The predicted octanol–water partition coefficient (Wildman–Crippen LogP) is 24.9. The van der Waals surface area contributed by atoms with Crippen LogP contribution in [-0.2, 0) is 29.3 Å². The molecular weight excluding hydrogens is 951 g/mol. The summed E-state index contributed by atoms with van der Waals surface area (Å²) in [6, 6.07) is 18.6. The third-order valence-electron chi connectivity index (χ3n) is 14.9. The number of allylic oxidation sites excluding steroid dienone is 4. The monoisotopic (exact) mass is 1070 g/mol. The smallest absolute Gasteiger partial charge is 0.348 e. The second-order valence-electron chi connectivity index (χ2n) is 22.0. The Labute approximate surface area is 480 Å². The van der Waals surface area contributed by atoms with E-state index in [1.165, 1.54) is 278 Å². The number of benzene rings is 2. The van der Waals surface area contributed by atoms with Gasteiger partial charge >= 0.3 is 22.4 Å². The minimum absolute atomic E-state index is 0. The fraction of sp³-hybridized carbons (Fsp3) is 0.722. The molecule has 2 nitrogen and oxygen atoms in total. The Morgan fingerprint density at radius 2 is 0.707 bits per heavy atom. The zero-order valence-electron chi connectivity index (χ0n) is 50.9. The molecule has 0 amide bonds. The molecule has 0 atom stereocenters. The number of aryl methyl sites for hydroxylation is 2. The van der Waals surface area contributed by atoms with Crippen molar-refractivity contribution in [2.75, 3.05) is 0 Å². The molecule has 0 heterocycles. The molecule has 0 aliphatic heterocycles. The molecule has 0 spiro atoms. The maximum absolute atomic E-state index is 9.89. The Bertz CT molecular complexity index is 1590. The summed E-state index contributed by atoms with van der Waals surface area (Å²) in [6.07, 6.45) is 65.5. The SMILES string of the molecule is CCCCCCCCCCCCCCCCCCCCCCCCCCCC=CC(C(=C=[N+]=[N-])CCCCCC)=C(c1ccc(CCCC)cc1)c1ccc(CCCCC)cc1.[CH2-]CCCCC.[CH2-]CCCCC.[Ni+2]. The quantitative estimate of drug-likeness (QED) is 0.0120. The summed E-state index contributed by atoms with van der Waals surface area (Å²) in [5.41, 5.74) is 18.5. The molecule has 0 aromatic heterocycles. The van der Waals surface area contributed by atoms with Crippen molar-refractivity contribution in [3.8, 4) is 0 Å². The Balaban J connectivity index is 0. The number of hydrogen-bond donors (Lipinski definition) is 0. The van der Waals surface area contributed by atoms with E-state index in [4.69, 9.17) is 0 Å². The summed E-state index contributed by atoms with van der Waals surface area (Å²) in [5, 5.41) is 0. The van der Waals surface area contributed by atoms with Crippen LogP contribution in [0.5, 0.6) is 0 Å². The predicted molar refractivity (Wildman–Crippen MR) is 335 cm³/mol. The van der Waals surface area contributed by atoms with Crippen molar-refractivity contribution in [2.24, 2.45) is 0 Å². The van der Waals surface area contributed by atoms with E-state index in [2.05, 4.69) is 127 Å². The van der Waals surface area contributed by atoms with Gasteiger partial charge in [-0.2, -0.15) is 12.8 Å².